The maximum atomic E-state index is 4.83. The Balaban J connectivity index is 1.85. The summed E-state index contributed by atoms with van der Waals surface area (Å²) in [4.78, 5) is 4.83. The van der Waals surface area contributed by atoms with E-state index in [0.717, 1.165) is 12.5 Å². The van der Waals surface area contributed by atoms with Gasteiger partial charge < -0.3 is 5.32 Å². The molecular weight excluding hydrogens is 252 g/mol. The van der Waals surface area contributed by atoms with Crippen LogP contribution < -0.4 is 5.32 Å². The summed E-state index contributed by atoms with van der Waals surface area (Å²) in [7, 11) is 0. The summed E-state index contributed by atoms with van der Waals surface area (Å²) in [5.41, 5.74) is 0.462. The minimum absolute atomic E-state index is 0.462. The van der Waals surface area contributed by atoms with Crippen LogP contribution >= 0.6 is 11.8 Å². The number of thioether (sulfide) groups is 1. The lowest BCUT2D eigenvalue weighted by Crippen LogP contribution is -2.41. The number of amidine groups is 1. The Labute approximate surface area is 123 Å². The average molecular weight is 282 g/mol. The van der Waals surface area contributed by atoms with Crippen molar-refractivity contribution in [2.75, 3.05) is 12.3 Å². The van der Waals surface area contributed by atoms with Crippen LogP contribution in [0.4, 0.5) is 0 Å². The molecule has 110 valence electrons. The Bertz CT molecular complexity index is 304. The van der Waals surface area contributed by atoms with Gasteiger partial charge in [-0.2, -0.15) is 0 Å². The van der Waals surface area contributed by atoms with Gasteiger partial charge in [0.15, 0.2) is 5.17 Å². The minimum atomic E-state index is 0.462. The Morgan fingerprint density at radius 3 is 2.47 bits per heavy atom. The van der Waals surface area contributed by atoms with Gasteiger partial charge in [0.25, 0.3) is 0 Å². The number of nitrogens with zero attached hydrogens (tertiary/aromatic N) is 1. The van der Waals surface area contributed by atoms with E-state index in [0.29, 0.717) is 11.5 Å². The zero-order valence-corrected chi connectivity index (χ0v) is 13.7. The van der Waals surface area contributed by atoms with Crippen LogP contribution in [-0.2, 0) is 0 Å². The van der Waals surface area contributed by atoms with Crippen molar-refractivity contribution in [3.63, 3.8) is 0 Å². The van der Waals surface area contributed by atoms with E-state index >= 15 is 0 Å². The van der Waals surface area contributed by atoms with Crippen LogP contribution in [0, 0.1) is 11.3 Å². The smallest absolute Gasteiger partial charge is 0.156 e. The quantitative estimate of drug-likeness (QED) is 0.823. The molecule has 0 spiro atoms. The van der Waals surface area contributed by atoms with Crippen molar-refractivity contribution < 1.29 is 0 Å². The van der Waals surface area contributed by atoms with Gasteiger partial charge in [-0.05, 0) is 43.9 Å². The highest BCUT2D eigenvalue weighted by Gasteiger charge is 2.31. The third-order valence-electron chi connectivity index (χ3n) is 5.28. The summed E-state index contributed by atoms with van der Waals surface area (Å²) < 4.78 is 0. The van der Waals surface area contributed by atoms with Crippen molar-refractivity contribution in [1.29, 1.82) is 0 Å². The van der Waals surface area contributed by atoms with E-state index in [9.17, 15) is 0 Å². The molecule has 1 N–H and O–H groups in total. The lowest BCUT2D eigenvalue weighted by Gasteiger charge is -2.35. The second kappa shape index (κ2) is 7.01. The summed E-state index contributed by atoms with van der Waals surface area (Å²) in [5.74, 6) is 2.10. The second-order valence-electron chi connectivity index (χ2n) is 6.45. The maximum Gasteiger partial charge on any atom is 0.156 e. The highest BCUT2D eigenvalue weighted by Crippen LogP contribution is 2.35. The maximum absolute atomic E-state index is 4.83. The largest absolute Gasteiger partial charge is 0.362 e. The predicted octanol–water partition coefficient (Wildman–Crippen LogP) is 4.45. The number of hydrogen-bond donors (Lipinski definition) is 1. The topological polar surface area (TPSA) is 24.4 Å². The first kappa shape index (κ1) is 15.2. The van der Waals surface area contributed by atoms with Crippen LogP contribution in [0.15, 0.2) is 4.99 Å². The molecule has 1 aliphatic carbocycles. The molecule has 0 bridgehead atoms. The molecule has 0 aromatic heterocycles. The molecule has 0 aromatic carbocycles. The molecule has 2 aliphatic rings. The fourth-order valence-electron chi connectivity index (χ4n) is 3.26. The van der Waals surface area contributed by atoms with Crippen molar-refractivity contribution in [2.24, 2.45) is 16.3 Å². The molecule has 2 rings (SSSR count). The number of nitrogens with one attached hydrogen (secondary N) is 1. The molecule has 0 radical (unpaired) electrons. The van der Waals surface area contributed by atoms with Gasteiger partial charge in [0.05, 0.1) is 0 Å². The molecule has 19 heavy (non-hydrogen) atoms. The number of hydrogen-bond acceptors (Lipinski definition) is 3. The van der Waals surface area contributed by atoms with Crippen molar-refractivity contribution >= 4 is 16.9 Å². The summed E-state index contributed by atoms with van der Waals surface area (Å²) >= 11 is 1.95. The zero-order chi connectivity index (χ0) is 13.7. The van der Waals surface area contributed by atoms with Gasteiger partial charge in [-0.3, -0.25) is 4.99 Å². The highest BCUT2D eigenvalue weighted by molar-refractivity contribution is 8.13. The Hall–Kier alpha value is -0.180. The van der Waals surface area contributed by atoms with E-state index in [1.165, 1.54) is 55.9 Å². The molecule has 1 atom stereocenters. The Morgan fingerprint density at radius 2 is 1.95 bits per heavy atom. The normalized spacial score (nSPS) is 25.7. The first-order valence-electron chi connectivity index (χ1n) is 8.13. The first-order chi connectivity index (χ1) is 9.19. The van der Waals surface area contributed by atoms with E-state index in [1.54, 1.807) is 0 Å². The molecule has 1 saturated carbocycles. The van der Waals surface area contributed by atoms with Crippen LogP contribution in [0.2, 0.25) is 0 Å². The van der Waals surface area contributed by atoms with E-state index in [1.807, 2.05) is 11.8 Å². The van der Waals surface area contributed by atoms with Crippen LogP contribution in [0.3, 0.4) is 0 Å². The highest BCUT2D eigenvalue weighted by atomic mass is 32.2. The van der Waals surface area contributed by atoms with Gasteiger partial charge in [0, 0.05) is 18.3 Å². The molecular formula is C16H30N2S. The molecule has 1 unspecified atom stereocenters. The van der Waals surface area contributed by atoms with Gasteiger partial charge in [-0.25, -0.2) is 0 Å². The van der Waals surface area contributed by atoms with E-state index < -0.39 is 0 Å². The molecule has 0 amide bonds. The van der Waals surface area contributed by atoms with Crippen molar-refractivity contribution in [3.8, 4) is 0 Å². The minimum Gasteiger partial charge on any atom is -0.362 e. The van der Waals surface area contributed by atoms with Crippen molar-refractivity contribution in [2.45, 2.75) is 71.8 Å². The zero-order valence-electron chi connectivity index (χ0n) is 12.9. The summed E-state index contributed by atoms with van der Waals surface area (Å²) in [6.45, 7) is 7.98. The Morgan fingerprint density at radius 1 is 1.26 bits per heavy atom. The fourth-order valence-corrected chi connectivity index (χ4v) is 4.63. The van der Waals surface area contributed by atoms with Crippen molar-refractivity contribution in [3.05, 3.63) is 0 Å². The van der Waals surface area contributed by atoms with Crippen molar-refractivity contribution in [1.82, 2.24) is 5.32 Å². The second-order valence-corrected chi connectivity index (χ2v) is 7.41. The van der Waals surface area contributed by atoms with Crippen LogP contribution in [0.25, 0.3) is 0 Å². The molecule has 2 nitrogen and oxygen atoms in total. The SMILES string of the molecule is CCC1(CC)CN=C(NC(C)C2CCCCC2)SC1. The third-order valence-corrected chi connectivity index (χ3v) is 6.56. The first-order valence-corrected chi connectivity index (χ1v) is 9.11. The molecule has 0 saturated heterocycles. The van der Waals surface area contributed by atoms with Crippen LogP contribution in [0.5, 0.6) is 0 Å². The van der Waals surface area contributed by atoms with E-state index in [4.69, 9.17) is 4.99 Å². The summed E-state index contributed by atoms with van der Waals surface area (Å²) in [6.07, 6.45) is 9.60. The molecule has 0 aromatic rings. The summed E-state index contributed by atoms with van der Waals surface area (Å²) in [6, 6.07) is 0.599. The van der Waals surface area contributed by atoms with Gasteiger partial charge in [-0.15, -0.1) is 0 Å². The van der Waals surface area contributed by atoms with Gasteiger partial charge >= 0.3 is 0 Å². The van der Waals surface area contributed by atoms with Gasteiger partial charge in [-0.1, -0.05) is 44.9 Å². The molecule has 1 heterocycles. The lowest BCUT2D eigenvalue weighted by molar-refractivity contribution is 0.299. The lowest BCUT2D eigenvalue weighted by atomic mass is 9.84. The summed E-state index contributed by atoms with van der Waals surface area (Å²) in [5, 5.41) is 4.89. The molecule has 3 heteroatoms. The van der Waals surface area contributed by atoms with Gasteiger partial charge in [0.2, 0.25) is 0 Å². The third kappa shape index (κ3) is 3.90. The standard InChI is InChI=1S/C16H30N2S/c1-4-16(5-2)11-17-15(19-12-16)18-13(3)14-9-7-6-8-10-14/h13-14H,4-12H2,1-3H3,(H,17,18). The van der Waals surface area contributed by atoms with Gasteiger partial charge in [0.1, 0.15) is 0 Å². The molecule has 1 fully saturated rings. The van der Waals surface area contributed by atoms with Crippen LogP contribution in [0.1, 0.15) is 65.7 Å². The number of aliphatic imine (C=N–C) groups is 1. The monoisotopic (exact) mass is 282 g/mol. The molecule has 1 aliphatic heterocycles. The van der Waals surface area contributed by atoms with Crippen LogP contribution in [-0.4, -0.2) is 23.5 Å². The van der Waals surface area contributed by atoms with E-state index in [-0.39, 0.29) is 0 Å². The number of rotatable bonds is 4. The Kier molecular flexibility index (Phi) is 5.61. The predicted molar refractivity (Wildman–Crippen MR) is 86.9 cm³/mol. The van der Waals surface area contributed by atoms with E-state index in [2.05, 4.69) is 26.1 Å². The average Bonchev–Trinajstić information content (AvgIpc) is 2.49. The fraction of sp³-hybridized carbons (Fsp3) is 0.938.